The molecule has 0 aromatic rings. The van der Waals surface area contributed by atoms with Gasteiger partial charge in [0, 0.05) is 25.3 Å². The van der Waals surface area contributed by atoms with Crippen LogP contribution in [0.1, 0.15) is 47.0 Å². The van der Waals surface area contributed by atoms with Gasteiger partial charge in [-0.05, 0) is 45.4 Å². The van der Waals surface area contributed by atoms with E-state index < -0.39 is 0 Å². The molecule has 0 amide bonds. The molecule has 0 atom stereocenters. The maximum atomic E-state index is 5.43. The summed E-state index contributed by atoms with van der Waals surface area (Å²) in [4.78, 5) is 0. The van der Waals surface area contributed by atoms with Crippen LogP contribution in [0.4, 0.5) is 0 Å². The summed E-state index contributed by atoms with van der Waals surface area (Å²) < 4.78 is 5.43. The Morgan fingerprint density at radius 3 is 2.21 bits per heavy atom. The van der Waals surface area contributed by atoms with Crippen LogP contribution in [0, 0.1) is 5.41 Å². The zero-order chi connectivity index (χ0) is 10.7. The van der Waals surface area contributed by atoms with E-state index in [4.69, 9.17) is 4.74 Å². The number of hydrogen-bond donors (Lipinski definition) is 1. The van der Waals surface area contributed by atoms with Gasteiger partial charge in [0.25, 0.3) is 0 Å². The predicted octanol–water partition coefficient (Wildman–Crippen LogP) is 2.58. The molecule has 1 saturated heterocycles. The van der Waals surface area contributed by atoms with Crippen molar-refractivity contribution < 1.29 is 4.74 Å². The minimum absolute atomic E-state index is 0.237. The molecule has 1 aliphatic rings. The first-order chi connectivity index (χ1) is 6.47. The molecule has 0 unspecified atom stereocenters. The molecule has 14 heavy (non-hydrogen) atoms. The van der Waals surface area contributed by atoms with Crippen molar-refractivity contribution in [2.45, 2.75) is 52.5 Å². The average molecular weight is 199 g/mol. The van der Waals surface area contributed by atoms with Gasteiger partial charge in [0.2, 0.25) is 0 Å². The molecule has 0 saturated carbocycles. The van der Waals surface area contributed by atoms with Crippen LogP contribution in [0.2, 0.25) is 0 Å². The highest BCUT2D eigenvalue weighted by molar-refractivity contribution is 4.85. The highest BCUT2D eigenvalue weighted by Gasteiger charge is 2.31. The molecule has 84 valence electrons. The Hall–Kier alpha value is -0.0800. The lowest BCUT2D eigenvalue weighted by molar-refractivity contribution is 0.0100. The van der Waals surface area contributed by atoms with E-state index in [1.165, 1.54) is 19.3 Å². The number of hydrogen-bond acceptors (Lipinski definition) is 2. The number of rotatable bonds is 3. The van der Waals surface area contributed by atoms with Gasteiger partial charge in [0.15, 0.2) is 0 Å². The smallest absolute Gasteiger partial charge is 0.0471 e. The second-order valence-electron chi connectivity index (χ2n) is 5.57. The van der Waals surface area contributed by atoms with Crippen molar-refractivity contribution in [1.82, 2.24) is 5.32 Å². The minimum Gasteiger partial charge on any atom is -0.381 e. The fourth-order valence-electron chi connectivity index (χ4n) is 1.91. The Bertz CT molecular complexity index is 166. The predicted molar refractivity (Wildman–Crippen MR) is 60.5 cm³/mol. The number of ether oxygens (including phenoxy) is 1. The summed E-state index contributed by atoms with van der Waals surface area (Å²) in [7, 11) is 0. The summed E-state index contributed by atoms with van der Waals surface area (Å²) in [5.41, 5.74) is 0.728. The normalized spacial score (nSPS) is 22.3. The molecule has 2 heteroatoms. The lowest BCUT2D eigenvalue weighted by Crippen LogP contribution is -2.45. The Morgan fingerprint density at radius 1 is 1.21 bits per heavy atom. The van der Waals surface area contributed by atoms with Crippen molar-refractivity contribution in [2.75, 3.05) is 19.8 Å². The van der Waals surface area contributed by atoms with Crippen LogP contribution in [-0.2, 0) is 4.74 Å². The summed E-state index contributed by atoms with van der Waals surface area (Å²) in [5.74, 6) is 0. The van der Waals surface area contributed by atoms with E-state index in [1.807, 2.05) is 0 Å². The summed E-state index contributed by atoms with van der Waals surface area (Å²) in [6, 6.07) is 0. The van der Waals surface area contributed by atoms with Gasteiger partial charge in [-0.1, -0.05) is 6.92 Å². The Kier molecular flexibility index (Phi) is 3.96. The summed E-state index contributed by atoms with van der Waals surface area (Å²) in [5, 5.41) is 3.63. The van der Waals surface area contributed by atoms with Crippen LogP contribution in [0.25, 0.3) is 0 Å². The first-order valence-electron chi connectivity index (χ1n) is 5.80. The van der Waals surface area contributed by atoms with Gasteiger partial charge in [-0.3, -0.25) is 0 Å². The van der Waals surface area contributed by atoms with Crippen LogP contribution >= 0.6 is 0 Å². The molecule has 1 heterocycles. The first-order valence-corrected chi connectivity index (χ1v) is 5.80. The van der Waals surface area contributed by atoms with E-state index in [-0.39, 0.29) is 5.54 Å². The first kappa shape index (κ1) is 12.0. The van der Waals surface area contributed by atoms with Crippen LogP contribution in [0.5, 0.6) is 0 Å². The van der Waals surface area contributed by atoms with Crippen LogP contribution < -0.4 is 5.32 Å². The molecule has 0 aliphatic carbocycles. The van der Waals surface area contributed by atoms with Gasteiger partial charge >= 0.3 is 0 Å². The molecule has 0 spiro atoms. The van der Waals surface area contributed by atoms with Crippen molar-refractivity contribution in [3.8, 4) is 0 Å². The standard InChI is InChI=1S/C12H25NO/c1-5-12(6-8-14-9-7-12)10-13-11(2,3)4/h13H,5-10H2,1-4H3. The highest BCUT2D eigenvalue weighted by atomic mass is 16.5. The number of nitrogens with one attached hydrogen (secondary N) is 1. The van der Waals surface area contributed by atoms with Gasteiger partial charge in [-0.15, -0.1) is 0 Å². The largest absolute Gasteiger partial charge is 0.381 e. The third-order valence-corrected chi connectivity index (χ3v) is 3.30. The van der Waals surface area contributed by atoms with Crippen LogP contribution in [0.3, 0.4) is 0 Å². The molecule has 1 fully saturated rings. The molecule has 0 aromatic heterocycles. The van der Waals surface area contributed by atoms with Gasteiger partial charge in [0.1, 0.15) is 0 Å². The molecule has 0 radical (unpaired) electrons. The van der Waals surface area contributed by atoms with Crippen molar-refractivity contribution >= 4 is 0 Å². The third-order valence-electron chi connectivity index (χ3n) is 3.30. The molecule has 0 aromatic carbocycles. The lowest BCUT2D eigenvalue weighted by Gasteiger charge is -2.39. The molecular formula is C12H25NO. The topological polar surface area (TPSA) is 21.3 Å². The zero-order valence-corrected chi connectivity index (χ0v) is 10.2. The van der Waals surface area contributed by atoms with E-state index in [2.05, 4.69) is 33.0 Å². The molecule has 1 rings (SSSR count). The zero-order valence-electron chi connectivity index (χ0n) is 10.2. The van der Waals surface area contributed by atoms with Gasteiger partial charge < -0.3 is 10.1 Å². The van der Waals surface area contributed by atoms with Gasteiger partial charge in [-0.2, -0.15) is 0 Å². The quantitative estimate of drug-likeness (QED) is 0.754. The molecular weight excluding hydrogens is 174 g/mol. The van der Waals surface area contributed by atoms with Crippen LogP contribution in [0.15, 0.2) is 0 Å². The van der Waals surface area contributed by atoms with Crippen molar-refractivity contribution in [1.29, 1.82) is 0 Å². The monoisotopic (exact) mass is 199 g/mol. The fourth-order valence-corrected chi connectivity index (χ4v) is 1.91. The second-order valence-corrected chi connectivity index (χ2v) is 5.57. The molecule has 2 nitrogen and oxygen atoms in total. The van der Waals surface area contributed by atoms with Gasteiger partial charge in [-0.25, -0.2) is 0 Å². The SMILES string of the molecule is CCC1(CNC(C)(C)C)CCOCC1. The Labute approximate surface area is 88.4 Å². The molecule has 1 aliphatic heterocycles. The summed E-state index contributed by atoms with van der Waals surface area (Å²) >= 11 is 0. The van der Waals surface area contributed by atoms with E-state index in [0.717, 1.165) is 19.8 Å². The average Bonchev–Trinajstić information content (AvgIpc) is 2.15. The summed E-state index contributed by atoms with van der Waals surface area (Å²) in [6.07, 6.45) is 3.69. The van der Waals surface area contributed by atoms with Gasteiger partial charge in [0.05, 0.1) is 0 Å². The maximum absolute atomic E-state index is 5.43. The van der Waals surface area contributed by atoms with E-state index in [0.29, 0.717) is 5.41 Å². The summed E-state index contributed by atoms with van der Waals surface area (Å²) in [6.45, 7) is 12.0. The van der Waals surface area contributed by atoms with Crippen LogP contribution in [-0.4, -0.2) is 25.3 Å². The van der Waals surface area contributed by atoms with Crippen molar-refractivity contribution in [3.63, 3.8) is 0 Å². The lowest BCUT2D eigenvalue weighted by atomic mass is 9.77. The highest BCUT2D eigenvalue weighted by Crippen LogP contribution is 2.33. The minimum atomic E-state index is 0.237. The fraction of sp³-hybridized carbons (Fsp3) is 1.00. The molecule has 1 N–H and O–H groups in total. The second kappa shape index (κ2) is 4.63. The Morgan fingerprint density at radius 2 is 1.79 bits per heavy atom. The molecule has 0 bridgehead atoms. The van der Waals surface area contributed by atoms with E-state index in [1.54, 1.807) is 0 Å². The Balaban J connectivity index is 2.44. The van der Waals surface area contributed by atoms with Crippen molar-refractivity contribution in [2.24, 2.45) is 5.41 Å². The van der Waals surface area contributed by atoms with E-state index >= 15 is 0 Å². The van der Waals surface area contributed by atoms with Crippen molar-refractivity contribution in [3.05, 3.63) is 0 Å². The maximum Gasteiger partial charge on any atom is 0.0471 e. The van der Waals surface area contributed by atoms with E-state index in [9.17, 15) is 0 Å². The third kappa shape index (κ3) is 3.58.